The maximum Gasteiger partial charge on any atom is 0.261 e. The van der Waals surface area contributed by atoms with E-state index in [4.69, 9.17) is 9.73 Å². The van der Waals surface area contributed by atoms with Gasteiger partial charge in [0.2, 0.25) is 5.90 Å². The van der Waals surface area contributed by atoms with Crippen LogP contribution in [0.5, 0.6) is 0 Å². The molecule has 1 aromatic heterocycles. The largest absolute Gasteiger partial charge is 0.475 e. The lowest BCUT2D eigenvalue weighted by atomic mass is 9.99. The van der Waals surface area contributed by atoms with Gasteiger partial charge < -0.3 is 15.2 Å². The number of hydrogen-bond acceptors (Lipinski definition) is 7. The Labute approximate surface area is 237 Å². The Morgan fingerprint density at radius 1 is 1.00 bits per heavy atom. The Hall–Kier alpha value is -3.27. The summed E-state index contributed by atoms with van der Waals surface area (Å²) >= 11 is 0. The molecule has 1 fully saturated rings. The average molecular weight is 563 g/mol. The molecule has 1 saturated carbocycles. The van der Waals surface area contributed by atoms with Crippen LogP contribution in [0.15, 0.2) is 82.9 Å². The molecular weight excluding hydrogens is 524 g/mol. The number of nitrogens with one attached hydrogen (secondary N) is 2. The number of aliphatic hydroxyl groups is 1. The molecule has 8 nitrogen and oxygen atoms in total. The summed E-state index contributed by atoms with van der Waals surface area (Å²) in [5.41, 5.74) is 3.14. The summed E-state index contributed by atoms with van der Waals surface area (Å²) in [6.07, 6.45) is 11.1. The van der Waals surface area contributed by atoms with Crippen LogP contribution in [0.4, 0.5) is 5.69 Å². The van der Waals surface area contributed by atoms with Crippen LogP contribution in [0, 0.1) is 5.92 Å². The van der Waals surface area contributed by atoms with Crippen molar-refractivity contribution < 1.29 is 18.3 Å². The first-order chi connectivity index (χ1) is 19.5. The highest BCUT2D eigenvalue weighted by atomic mass is 32.2. The molecule has 3 N–H and O–H groups in total. The number of aromatic nitrogens is 1. The van der Waals surface area contributed by atoms with Gasteiger partial charge in [-0.3, -0.25) is 9.71 Å². The fraction of sp³-hybridized carbons (Fsp3) is 0.419. The molecule has 0 spiro atoms. The number of ether oxygens (including phenoxy) is 1. The normalized spacial score (nSPS) is 18.3. The first-order valence-electron chi connectivity index (χ1n) is 14.2. The topological polar surface area (TPSA) is 113 Å². The molecule has 1 aliphatic carbocycles. The number of nitrogens with zero attached hydrogens (tertiary/aromatic N) is 2. The van der Waals surface area contributed by atoms with Crippen LogP contribution in [0.3, 0.4) is 0 Å². The SMILES string of the molecule is O=S(=O)(Nc1ccc(CCNC[C@H](O)c2cccnc2)cc1)c1ccc(C2=NC(CCC3CCCC3)CO2)cc1. The van der Waals surface area contributed by atoms with Gasteiger partial charge in [0.1, 0.15) is 6.61 Å². The monoisotopic (exact) mass is 562 g/mol. The highest BCUT2D eigenvalue weighted by Crippen LogP contribution is 2.30. The summed E-state index contributed by atoms with van der Waals surface area (Å²) in [6, 6.07) is 17.9. The summed E-state index contributed by atoms with van der Waals surface area (Å²) in [5, 5.41) is 13.5. The van der Waals surface area contributed by atoms with Crippen molar-refractivity contribution in [3.05, 3.63) is 89.7 Å². The van der Waals surface area contributed by atoms with Gasteiger partial charge in [-0.2, -0.15) is 0 Å². The Morgan fingerprint density at radius 2 is 1.77 bits per heavy atom. The molecule has 0 radical (unpaired) electrons. The van der Waals surface area contributed by atoms with Crippen LogP contribution in [0.2, 0.25) is 0 Å². The van der Waals surface area contributed by atoms with Crippen molar-refractivity contribution in [3.8, 4) is 0 Å². The summed E-state index contributed by atoms with van der Waals surface area (Å²) in [7, 11) is -3.73. The maximum absolute atomic E-state index is 13.0. The van der Waals surface area contributed by atoms with Crippen LogP contribution < -0.4 is 10.0 Å². The number of rotatable bonds is 13. The third kappa shape index (κ3) is 7.68. The summed E-state index contributed by atoms with van der Waals surface area (Å²) in [6.45, 7) is 1.72. The number of aliphatic hydroxyl groups excluding tert-OH is 1. The van der Waals surface area contributed by atoms with E-state index in [1.165, 1.54) is 32.1 Å². The van der Waals surface area contributed by atoms with E-state index >= 15 is 0 Å². The number of sulfonamides is 1. The smallest absolute Gasteiger partial charge is 0.261 e. The molecule has 2 aromatic carbocycles. The minimum Gasteiger partial charge on any atom is -0.475 e. The van der Waals surface area contributed by atoms with E-state index in [1.807, 2.05) is 18.2 Å². The number of benzene rings is 2. The van der Waals surface area contributed by atoms with Crippen LogP contribution >= 0.6 is 0 Å². The number of hydrogen-bond donors (Lipinski definition) is 3. The van der Waals surface area contributed by atoms with E-state index in [0.717, 1.165) is 35.4 Å². The molecule has 212 valence electrons. The number of pyridine rings is 1. The zero-order valence-electron chi connectivity index (χ0n) is 22.7. The molecule has 3 aromatic rings. The van der Waals surface area contributed by atoms with E-state index in [-0.39, 0.29) is 10.9 Å². The predicted molar refractivity (Wildman–Crippen MR) is 157 cm³/mol. The van der Waals surface area contributed by atoms with Crippen LogP contribution in [0.1, 0.15) is 61.3 Å². The summed E-state index contributed by atoms with van der Waals surface area (Å²) < 4.78 is 34.4. The highest BCUT2D eigenvalue weighted by molar-refractivity contribution is 7.92. The minimum absolute atomic E-state index is 0.188. The van der Waals surface area contributed by atoms with E-state index in [1.54, 1.807) is 54.9 Å². The molecule has 2 atom stereocenters. The molecule has 1 unspecified atom stereocenters. The molecule has 0 bridgehead atoms. The van der Waals surface area contributed by atoms with Crippen molar-refractivity contribution >= 4 is 21.6 Å². The van der Waals surface area contributed by atoms with Crippen molar-refractivity contribution in [2.24, 2.45) is 10.9 Å². The van der Waals surface area contributed by atoms with Gasteiger partial charge in [0, 0.05) is 35.8 Å². The second-order valence-corrected chi connectivity index (χ2v) is 12.4. The third-order valence-electron chi connectivity index (χ3n) is 7.71. The molecule has 9 heteroatoms. The van der Waals surface area contributed by atoms with Crippen molar-refractivity contribution in [3.63, 3.8) is 0 Å². The molecule has 5 rings (SSSR count). The van der Waals surface area contributed by atoms with Crippen molar-refractivity contribution in [1.29, 1.82) is 0 Å². The third-order valence-corrected chi connectivity index (χ3v) is 9.11. The Morgan fingerprint density at radius 3 is 2.50 bits per heavy atom. The van der Waals surface area contributed by atoms with Gasteiger partial charge in [-0.15, -0.1) is 0 Å². The van der Waals surface area contributed by atoms with E-state index in [0.29, 0.717) is 31.3 Å². The zero-order chi connectivity index (χ0) is 27.8. The Balaban J connectivity index is 1.08. The first-order valence-corrected chi connectivity index (χ1v) is 15.7. The molecular formula is C31H38N4O4S. The first kappa shape index (κ1) is 28.3. The van der Waals surface area contributed by atoms with E-state index in [2.05, 4.69) is 15.0 Å². The average Bonchev–Trinajstić information content (AvgIpc) is 3.68. The molecule has 40 heavy (non-hydrogen) atoms. The highest BCUT2D eigenvalue weighted by Gasteiger charge is 2.23. The second-order valence-electron chi connectivity index (χ2n) is 10.7. The van der Waals surface area contributed by atoms with E-state index in [9.17, 15) is 13.5 Å². The molecule has 0 amide bonds. The van der Waals surface area contributed by atoms with Gasteiger partial charge in [0.25, 0.3) is 10.0 Å². The lowest BCUT2D eigenvalue weighted by Gasteiger charge is -2.12. The summed E-state index contributed by atoms with van der Waals surface area (Å²) in [4.78, 5) is 8.96. The lowest BCUT2D eigenvalue weighted by molar-refractivity contribution is 0.174. The quantitative estimate of drug-likeness (QED) is 0.257. The molecule has 2 aliphatic rings. The van der Waals surface area contributed by atoms with Gasteiger partial charge in [-0.25, -0.2) is 13.4 Å². The fourth-order valence-electron chi connectivity index (χ4n) is 5.34. The lowest BCUT2D eigenvalue weighted by Crippen LogP contribution is -2.23. The Kier molecular flexibility index (Phi) is 9.46. The van der Waals surface area contributed by atoms with Crippen LogP contribution in [-0.4, -0.2) is 50.1 Å². The van der Waals surface area contributed by atoms with Crippen molar-refractivity contribution in [2.45, 2.75) is 62.0 Å². The fourth-order valence-corrected chi connectivity index (χ4v) is 6.40. The van der Waals surface area contributed by atoms with Crippen LogP contribution in [0.25, 0.3) is 0 Å². The number of anilines is 1. The standard InChI is InChI=1S/C31H38N4O4S/c36-30(26-6-3-18-32-20-26)21-33-19-17-24-7-12-27(13-8-24)35-40(37,38)29-15-10-25(11-16-29)31-34-28(22-39-31)14-9-23-4-1-2-5-23/h3,6-8,10-13,15-16,18,20,23,28,30,33,35-36H,1-2,4-5,9,14,17,19,21-22H2/t28?,30-/m0/s1. The van der Waals surface area contributed by atoms with Gasteiger partial charge in [-0.05, 0) is 79.8 Å². The van der Waals surface area contributed by atoms with Gasteiger partial charge in [-0.1, -0.05) is 43.9 Å². The predicted octanol–water partition coefficient (Wildman–Crippen LogP) is 4.86. The summed E-state index contributed by atoms with van der Waals surface area (Å²) in [5.74, 6) is 1.44. The van der Waals surface area contributed by atoms with E-state index < -0.39 is 16.1 Å². The minimum atomic E-state index is -3.73. The van der Waals surface area contributed by atoms with Crippen LogP contribution in [-0.2, 0) is 21.2 Å². The molecule has 1 aliphatic heterocycles. The number of aliphatic imine (C=N–C) groups is 1. The van der Waals surface area contributed by atoms with Gasteiger partial charge in [0.05, 0.1) is 17.0 Å². The second kappa shape index (κ2) is 13.4. The van der Waals surface area contributed by atoms with Gasteiger partial charge in [0.15, 0.2) is 0 Å². The zero-order valence-corrected chi connectivity index (χ0v) is 23.5. The van der Waals surface area contributed by atoms with Gasteiger partial charge >= 0.3 is 0 Å². The Bertz CT molecular complexity index is 1360. The molecule has 2 heterocycles. The van der Waals surface area contributed by atoms with Crippen molar-refractivity contribution in [2.75, 3.05) is 24.4 Å². The maximum atomic E-state index is 13.0. The molecule has 0 saturated heterocycles. The van der Waals surface area contributed by atoms with Crippen molar-refractivity contribution in [1.82, 2.24) is 10.3 Å².